The van der Waals surface area contributed by atoms with Crippen LogP contribution in [0.25, 0.3) is 0 Å². The van der Waals surface area contributed by atoms with Crippen LogP contribution in [0.2, 0.25) is 0 Å². The molecule has 0 saturated carbocycles. The summed E-state index contributed by atoms with van der Waals surface area (Å²) in [7, 11) is 0. The van der Waals surface area contributed by atoms with Crippen molar-refractivity contribution in [2.24, 2.45) is 0 Å². The van der Waals surface area contributed by atoms with Crippen LogP contribution in [0.4, 0.5) is 4.39 Å². The topological polar surface area (TPSA) is 20.2 Å². The minimum absolute atomic E-state index is 0.294. The Morgan fingerprint density at radius 2 is 1.83 bits per heavy atom. The van der Waals surface area contributed by atoms with Crippen molar-refractivity contribution in [1.82, 2.24) is 0 Å². The Kier molecular flexibility index (Phi) is 4.15. The Hall–Kier alpha value is -1.19. The van der Waals surface area contributed by atoms with Gasteiger partial charge in [-0.05, 0) is 29.7 Å². The third kappa shape index (κ3) is 2.79. The lowest BCUT2D eigenvalue weighted by Gasteiger charge is -2.13. The van der Waals surface area contributed by atoms with Crippen LogP contribution in [-0.4, -0.2) is 5.11 Å². The van der Waals surface area contributed by atoms with Crippen molar-refractivity contribution in [2.45, 2.75) is 19.4 Å². The summed E-state index contributed by atoms with van der Waals surface area (Å²) in [6.07, 6.45) is 0.0206. The Balaban J connectivity index is 2.31. The van der Waals surface area contributed by atoms with Crippen LogP contribution < -0.4 is 0 Å². The summed E-state index contributed by atoms with van der Waals surface area (Å²) >= 11 is 3.20. The van der Waals surface area contributed by atoms with E-state index in [9.17, 15) is 9.50 Å². The molecule has 0 aliphatic heterocycles. The summed E-state index contributed by atoms with van der Waals surface area (Å²) in [4.78, 5) is 0. The van der Waals surface area contributed by atoms with Crippen molar-refractivity contribution in [2.75, 3.05) is 0 Å². The minimum atomic E-state index is -0.927. The van der Waals surface area contributed by atoms with Crippen LogP contribution in [0.5, 0.6) is 0 Å². The van der Waals surface area contributed by atoms with Crippen molar-refractivity contribution in [3.63, 3.8) is 0 Å². The van der Waals surface area contributed by atoms with Crippen molar-refractivity contribution in [3.8, 4) is 0 Å². The average molecular weight is 309 g/mol. The lowest BCUT2D eigenvalue weighted by Crippen LogP contribution is -2.02. The molecule has 2 rings (SSSR count). The molecule has 0 spiro atoms. The molecule has 1 nitrogen and oxygen atoms in total. The molecule has 1 unspecified atom stereocenters. The number of aliphatic hydroxyl groups is 1. The Bertz CT molecular complexity index is 537. The van der Waals surface area contributed by atoms with Crippen LogP contribution in [-0.2, 0) is 6.42 Å². The number of aryl methyl sites for hydroxylation is 1. The molecule has 0 heterocycles. The van der Waals surface area contributed by atoms with Crippen LogP contribution in [0, 0.1) is 5.82 Å². The normalized spacial score (nSPS) is 12.4. The summed E-state index contributed by atoms with van der Waals surface area (Å²) in [6, 6.07) is 12.3. The molecule has 0 radical (unpaired) electrons. The number of aliphatic hydroxyl groups excluding tert-OH is 1. The first-order valence-corrected chi connectivity index (χ1v) is 6.63. The lowest BCUT2D eigenvalue weighted by molar-refractivity contribution is 0.215. The summed E-state index contributed by atoms with van der Waals surface area (Å²) in [6.45, 7) is 2.07. The fourth-order valence-electron chi connectivity index (χ4n) is 1.84. The molecule has 0 amide bonds. The quantitative estimate of drug-likeness (QED) is 0.899. The van der Waals surface area contributed by atoms with Gasteiger partial charge in [-0.15, -0.1) is 0 Å². The second kappa shape index (κ2) is 5.63. The molecule has 2 aromatic carbocycles. The highest BCUT2D eigenvalue weighted by molar-refractivity contribution is 9.10. The molecule has 1 atom stereocenters. The highest BCUT2D eigenvalue weighted by atomic mass is 79.9. The van der Waals surface area contributed by atoms with Crippen molar-refractivity contribution in [1.29, 1.82) is 0 Å². The second-order valence-electron chi connectivity index (χ2n) is 4.16. The molecule has 0 fully saturated rings. The average Bonchev–Trinajstić information content (AvgIpc) is 2.38. The molecular formula is C15H14BrFO. The first-order valence-electron chi connectivity index (χ1n) is 5.83. The van der Waals surface area contributed by atoms with E-state index < -0.39 is 11.9 Å². The van der Waals surface area contributed by atoms with E-state index >= 15 is 0 Å². The van der Waals surface area contributed by atoms with Gasteiger partial charge in [0, 0.05) is 10.0 Å². The standard InChI is InChI=1S/C15H14BrFO/c1-2-10-3-5-11(6-4-10)15(18)13-8-7-12(16)9-14(13)17/h3-9,15,18H,2H2,1H3. The summed E-state index contributed by atoms with van der Waals surface area (Å²) in [5.74, 6) is -0.406. The first-order chi connectivity index (χ1) is 8.61. The number of benzene rings is 2. The molecule has 3 heteroatoms. The SMILES string of the molecule is CCc1ccc(C(O)c2ccc(Br)cc2F)cc1. The van der Waals surface area contributed by atoms with E-state index in [1.54, 1.807) is 12.1 Å². The lowest BCUT2D eigenvalue weighted by atomic mass is 9.99. The van der Waals surface area contributed by atoms with E-state index in [0.29, 0.717) is 15.6 Å². The van der Waals surface area contributed by atoms with Crippen molar-refractivity contribution in [3.05, 3.63) is 69.4 Å². The van der Waals surface area contributed by atoms with Crippen LogP contribution in [0.3, 0.4) is 0 Å². The van der Waals surface area contributed by atoms with Gasteiger partial charge in [0.1, 0.15) is 11.9 Å². The van der Waals surface area contributed by atoms with Gasteiger partial charge in [-0.25, -0.2) is 4.39 Å². The molecule has 0 saturated heterocycles. The first kappa shape index (κ1) is 13.2. The Morgan fingerprint density at radius 1 is 1.17 bits per heavy atom. The van der Waals surface area contributed by atoms with Gasteiger partial charge in [0.25, 0.3) is 0 Å². The van der Waals surface area contributed by atoms with E-state index in [-0.39, 0.29) is 0 Å². The Labute approximate surface area is 114 Å². The zero-order chi connectivity index (χ0) is 13.1. The highest BCUT2D eigenvalue weighted by Crippen LogP contribution is 2.26. The summed E-state index contributed by atoms with van der Waals surface area (Å²) in [5.41, 5.74) is 2.19. The fourth-order valence-corrected chi connectivity index (χ4v) is 2.17. The van der Waals surface area contributed by atoms with Crippen molar-refractivity contribution >= 4 is 15.9 Å². The molecule has 0 aliphatic carbocycles. The van der Waals surface area contributed by atoms with Crippen LogP contribution in [0.1, 0.15) is 29.7 Å². The third-order valence-corrected chi connectivity index (χ3v) is 3.45. The number of hydrogen-bond donors (Lipinski definition) is 1. The van der Waals surface area contributed by atoms with Gasteiger partial charge in [-0.1, -0.05) is 53.2 Å². The second-order valence-corrected chi connectivity index (χ2v) is 5.08. The van der Waals surface area contributed by atoms with Crippen LogP contribution >= 0.6 is 15.9 Å². The zero-order valence-corrected chi connectivity index (χ0v) is 11.6. The molecule has 0 aromatic heterocycles. The number of hydrogen-bond acceptors (Lipinski definition) is 1. The number of rotatable bonds is 3. The maximum Gasteiger partial charge on any atom is 0.130 e. The van der Waals surface area contributed by atoms with E-state index in [1.807, 2.05) is 24.3 Å². The van der Waals surface area contributed by atoms with Gasteiger partial charge < -0.3 is 5.11 Å². The van der Waals surface area contributed by atoms with Gasteiger partial charge >= 0.3 is 0 Å². The molecule has 1 N–H and O–H groups in total. The third-order valence-electron chi connectivity index (χ3n) is 2.96. The molecule has 2 aromatic rings. The number of halogens is 2. The highest BCUT2D eigenvalue weighted by Gasteiger charge is 2.14. The van der Waals surface area contributed by atoms with Gasteiger partial charge in [0.15, 0.2) is 0 Å². The van der Waals surface area contributed by atoms with E-state index in [1.165, 1.54) is 11.6 Å². The maximum atomic E-state index is 13.7. The molecule has 0 bridgehead atoms. The van der Waals surface area contributed by atoms with Gasteiger partial charge in [0.05, 0.1) is 0 Å². The van der Waals surface area contributed by atoms with Gasteiger partial charge in [-0.2, -0.15) is 0 Å². The van der Waals surface area contributed by atoms with Gasteiger partial charge in [-0.3, -0.25) is 0 Å². The predicted molar refractivity (Wildman–Crippen MR) is 74.0 cm³/mol. The van der Waals surface area contributed by atoms with Gasteiger partial charge in [0.2, 0.25) is 0 Å². The predicted octanol–water partition coefficient (Wildman–Crippen LogP) is 4.23. The largest absolute Gasteiger partial charge is 0.384 e. The molecule has 94 valence electrons. The molecule has 18 heavy (non-hydrogen) atoms. The summed E-state index contributed by atoms with van der Waals surface area (Å²) < 4.78 is 14.4. The van der Waals surface area contributed by atoms with Crippen LogP contribution in [0.15, 0.2) is 46.9 Å². The van der Waals surface area contributed by atoms with E-state index in [2.05, 4.69) is 22.9 Å². The molecule has 0 aliphatic rings. The van der Waals surface area contributed by atoms with E-state index in [4.69, 9.17) is 0 Å². The smallest absolute Gasteiger partial charge is 0.130 e. The monoisotopic (exact) mass is 308 g/mol. The summed E-state index contributed by atoms with van der Waals surface area (Å²) in [5, 5.41) is 10.2. The Morgan fingerprint density at radius 3 is 2.39 bits per heavy atom. The molecular weight excluding hydrogens is 295 g/mol. The van der Waals surface area contributed by atoms with E-state index in [0.717, 1.165) is 6.42 Å². The minimum Gasteiger partial charge on any atom is -0.384 e. The fraction of sp³-hybridized carbons (Fsp3) is 0.200. The zero-order valence-electron chi connectivity index (χ0n) is 10.0. The van der Waals surface area contributed by atoms with Crippen molar-refractivity contribution < 1.29 is 9.50 Å². The maximum absolute atomic E-state index is 13.7.